The lowest BCUT2D eigenvalue weighted by Gasteiger charge is -2.26. The van der Waals surface area contributed by atoms with Crippen molar-refractivity contribution < 1.29 is 5.11 Å². The first-order valence-corrected chi connectivity index (χ1v) is 6.75. The van der Waals surface area contributed by atoms with Crippen molar-refractivity contribution in [3.05, 3.63) is 0 Å². The predicted molar refractivity (Wildman–Crippen MR) is 68.6 cm³/mol. The average molecular weight is 228 g/mol. The van der Waals surface area contributed by atoms with Gasteiger partial charge in [-0.1, -0.05) is 20.8 Å². The van der Waals surface area contributed by atoms with Crippen molar-refractivity contribution in [2.45, 2.75) is 52.1 Å². The van der Waals surface area contributed by atoms with Crippen molar-refractivity contribution in [2.24, 2.45) is 5.92 Å². The molecule has 0 saturated heterocycles. The third kappa shape index (κ3) is 5.28. The van der Waals surface area contributed by atoms with Crippen molar-refractivity contribution in [3.63, 3.8) is 0 Å². The molecule has 3 nitrogen and oxygen atoms in total. The Labute approximate surface area is 100 Å². The SMILES string of the molecule is CCNC(CO)CCN(CC(C)C)C1CC1. The summed E-state index contributed by atoms with van der Waals surface area (Å²) in [5.41, 5.74) is 0. The number of hydrogen-bond donors (Lipinski definition) is 2. The summed E-state index contributed by atoms with van der Waals surface area (Å²) < 4.78 is 0. The number of aliphatic hydroxyl groups is 1. The van der Waals surface area contributed by atoms with Crippen molar-refractivity contribution >= 4 is 0 Å². The van der Waals surface area contributed by atoms with Crippen LogP contribution in [-0.4, -0.2) is 48.3 Å². The zero-order chi connectivity index (χ0) is 12.0. The molecule has 16 heavy (non-hydrogen) atoms. The van der Waals surface area contributed by atoms with E-state index in [1.165, 1.54) is 19.4 Å². The van der Waals surface area contributed by atoms with Gasteiger partial charge in [-0.05, 0) is 31.7 Å². The number of hydrogen-bond acceptors (Lipinski definition) is 3. The van der Waals surface area contributed by atoms with Crippen LogP contribution in [0.4, 0.5) is 0 Å². The molecule has 0 bridgehead atoms. The molecule has 0 amide bonds. The second-order valence-corrected chi connectivity index (χ2v) is 5.35. The van der Waals surface area contributed by atoms with E-state index >= 15 is 0 Å². The van der Waals surface area contributed by atoms with Crippen LogP contribution in [0.15, 0.2) is 0 Å². The van der Waals surface area contributed by atoms with Gasteiger partial charge in [0.25, 0.3) is 0 Å². The van der Waals surface area contributed by atoms with Crippen LogP contribution in [0.2, 0.25) is 0 Å². The number of nitrogens with one attached hydrogen (secondary N) is 1. The first-order valence-electron chi connectivity index (χ1n) is 6.75. The summed E-state index contributed by atoms with van der Waals surface area (Å²) in [6.07, 6.45) is 3.81. The quantitative estimate of drug-likeness (QED) is 0.627. The van der Waals surface area contributed by atoms with Gasteiger partial charge in [0.15, 0.2) is 0 Å². The Morgan fingerprint density at radius 3 is 2.50 bits per heavy atom. The van der Waals surface area contributed by atoms with Gasteiger partial charge in [0.2, 0.25) is 0 Å². The van der Waals surface area contributed by atoms with Gasteiger partial charge in [-0.15, -0.1) is 0 Å². The maximum absolute atomic E-state index is 9.23. The number of rotatable bonds is 9. The van der Waals surface area contributed by atoms with Gasteiger partial charge < -0.3 is 15.3 Å². The van der Waals surface area contributed by atoms with Crippen LogP contribution < -0.4 is 5.32 Å². The molecule has 0 aromatic rings. The van der Waals surface area contributed by atoms with E-state index in [0.717, 1.165) is 31.5 Å². The standard InChI is InChI=1S/C13H28N2O/c1-4-14-12(10-16)7-8-15(9-11(2)3)13-5-6-13/h11-14,16H,4-10H2,1-3H3. The van der Waals surface area contributed by atoms with E-state index in [1.54, 1.807) is 0 Å². The van der Waals surface area contributed by atoms with E-state index in [9.17, 15) is 5.11 Å². The van der Waals surface area contributed by atoms with Crippen LogP contribution >= 0.6 is 0 Å². The minimum atomic E-state index is 0.258. The molecular weight excluding hydrogens is 200 g/mol. The molecule has 96 valence electrons. The molecule has 0 aliphatic heterocycles. The smallest absolute Gasteiger partial charge is 0.0585 e. The number of likely N-dealkylation sites (N-methyl/N-ethyl adjacent to an activating group) is 1. The largest absolute Gasteiger partial charge is 0.395 e. The minimum Gasteiger partial charge on any atom is -0.395 e. The van der Waals surface area contributed by atoms with Crippen molar-refractivity contribution in [3.8, 4) is 0 Å². The first-order chi connectivity index (χ1) is 7.67. The molecule has 0 aromatic carbocycles. The highest BCUT2D eigenvalue weighted by Gasteiger charge is 2.29. The molecule has 0 heterocycles. The molecule has 2 N–H and O–H groups in total. The Morgan fingerprint density at radius 1 is 1.38 bits per heavy atom. The predicted octanol–water partition coefficient (Wildman–Crippen LogP) is 1.47. The lowest BCUT2D eigenvalue weighted by atomic mass is 10.1. The zero-order valence-corrected chi connectivity index (χ0v) is 11.1. The molecule has 0 radical (unpaired) electrons. The average Bonchev–Trinajstić information content (AvgIpc) is 3.05. The van der Waals surface area contributed by atoms with Gasteiger partial charge in [0.1, 0.15) is 0 Å². The Bertz CT molecular complexity index is 181. The Hall–Kier alpha value is -0.120. The first kappa shape index (κ1) is 13.9. The lowest BCUT2D eigenvalue weighted by Crippen LogP contribution is -2.38. The van der Waals surface area contributed by atoms with Crippen LogP contribution in [0, 0.1) is 5.92 Å². The van der Waals surface area contributed by atoms with Gasteiger partial charge in [-0.25, -0.2) is 0 Å². The molecule has 1 saturated carbocycles. The summed E-state index contributed by atoms with van der Waals surface area (Å²) in [5, 5.41) is 12.5. The highest BCUT2D eigenvalue weighted by atomic mass is 16.3. The topological polar surface area (TPSA) is 35.5 Å². The fraction of sp³-hybridized carbons (Fsp3) is 1.00. The summed E-state index contributed by atoms with van der Waals surface area (Å²) in [7, 11) is 0. The van der Waals surface area contributed by atoms with E-state index in [0.29, 0.717) is 0 Å². The maximum Gasteiger partial charge on any atom is 0.0585 e. The lowest BCUT2D eigenvalue weighted by molar-refractivity contribution is 0.191. The van der Waals surface area contributed by atoms with E-state index in [1.807, 2.05) is 0 Å². The van der Waals surface area contributed by atoms with Crippen LogP contribution in [0.5, 0.6) is 0 Å². The molecule has 0 spiro atoms. The summed E-state index contributed by atoms with van der Waals surface area (Å²) in [6, 6.07) is 1.11. The van der Waals surface area contributed by atoms with Crippen LogP contribution in [0.3, 0.4) is 0 Å². The molecule has 3 heteroatoms. The second kappa shape index (κ2) is 7.25. The second-order valence-electron chi connectivity index (χ2n) is 5.35. The van der Waals surface area contributed by atoms with E-state index in [-0.39, 0.29) is 12.6 Å². The van der Waals surface area contributed by atoms with Gasteiger partial charge in [0.05, 0.1) is 6.61 Å². The summed E-state index contributed by atoms with van der Waals surface area (Å²) >= 11 is 0. The van der Waals surface area contributed by atoms with Crippen LogP contribution in [0.25, 0.3) is 0 Å². The van der Waals surface area contributed by atoms with Gasteiger partial charge in [-0.3, -0.25) is 0 Å². The molecule has 1 rings (SSSR count). The molecule has 0 aromatic heterocycles. The third-order valence-corrected chi connectivity index (χ3v) is 3.14. The third-order valence-electron chi connectivity index (χ3n) is 3.14. The fourth-order valence-corrected chi connectivity index (χ4v) is 2.20. The van der Waals surface area contributed by atoms with Gasteiger partial charge in [-0.2, -0.15) is 0 Å². The molecule has 1 atom stereocenters. The van der Waals surface area contributed by atoms with E-state index in [4.69, 9.17) is 0 Å². The molecule has 1 unspecified atom stereocenters. The molecule has 1 fully saturated rings. The summed E-state index contributed by atoms with van der Waals surface area (Å²) in [6.45, 7) is 10.2. The normalized spacial score (nSPS) is 18.4. The van der Waals surface area contributed by atoms with E-state index < -0.39 is 0 Å². The van der Waals surface area contributed by atoms with Gasteiger partial charge >= 0.3 is 0 Å². The zero-order valence-electron chi connectivity index (χ0n) is 11.1. The Kier molecular flexibility index (Phi) is 6.32. The van der Waals surface area contributed by atoms with E-state index in [2.05, 4.69) is 31.0 Å². The molecular formula is C13H28N2O. The van der Waals surface area contributed by atoms with Gasteiger partial charge in [0, 0.05) is 25.2 Å². The van der Waals surface area contributed by atoms with Crippen LogP contribution in [0.1, 0.15) is 40.0 Å². The van der Waals surface area contributed by atoms with Crippen molar-refractivity contribution in [1.29, 1.82) is 0 Å². The Morgan fingerprint density at radius 2 is 2.06 bits per heavy atom. The fourth-order valence-electron chi connectivity index (χ4n) is 2.20. The molecule has 1 aliphatic rings. The van der Waals surface area contributed by atoms with Crippen molar-refractivity contribution in [1.82, 2.24) is 10.2 Å². The molecule has 1 aliphatic carbocycles. The Balaban J connectivity index is 2.25. The monoisotopic (exact) mass is 228 g/mol. The highest BCUT2D eigenvalue weighted by Crippen LogP contribution is 2.27. The minimum absolute atomic E-state index is 0.258. The highest BCUT2D eigenvalue weighted by molar-refractivity contribution is 4.85. The maximum atomic E-state index is 9.23. The van der Waals surface area contributed by atoms with Crippen molar-refractivity contribution in [2.75, 3.05) is 26.2 Å². The van der Waals surface area contributed by atoms with Crippen LogP contribution in [-0.2, 0) is 0 Å². The number of nitrogens with zero attached hydrogens (tertiary/aromatic N) is 1. The summed E-state index contributed by atoms with van der Waals surface area (Å²) in [4.78, 5) is 2.60. The summed E-state index contributed by atoms with van der Waals surface area (Å²) in [5.74, 6) is 0.743. The number of aliphatic hydroxyl groups excluding tert-OH is 1.